The molecule has 0 bridgehead atoms. The van der Waals surface area contributed by atoms with Gasteiger partial charge in [0, 0.05) is 17.5 Å². The highest BCUT2D eigenvalue weighted by Gasteiger charge is 2.24. The van der Waals surface area contributed by atoms with Crippen LogP contribution in [0.1, 0.15) is 25.3 Å². The van der Waals surface area contributed by atoms with Crippen LogP contribution in [0.3, 0.4) is 0 Å². The fraction of sp³-hybridized carbons (Fsp3) is 0.231. The molecule has 1 aliphatic rings. The number of nitrogens with zero attached hydrogens (tertiary/aromatic N) is 1. The van der Waals surface area contributed by atoms with Gasteiger partial charge in [0.1, 0.15) is 0 Å². The first-order valence-corrected chi connectivity index (χ1v) is 5.01. The molecule has 2 heteroatoms. The van der Waals surface area contributed by atoms with Crippen molar-refractivity contribution >= 4 is 11.5 Å². The zero-order valence-electron chi connectivity index (χ0n) is 8.90. The van der Waals surface area contributed by atoms with Crippen molar-refractivity contribution in [3.8, 4) is 0 Å². The maximum Gasteiger partial charge on any atom is 0.170 e. The summed E-state index contributed by atoms with van der Waals surface area (Å²) in [4.78, 5) is 16.2. The van der Waals surface area contributed by atoms with Gasteiger partial charge in [0.2, 0.25) is 0 Å². The molecule has 0 fully saturated rings. The Morgan fingerprint density at radius 3 is 2.40 bits per heavy atom. The average molecular weight is 199 g/mol. The zero-order valence-corrected chi connectivity index (χ0v) is 8.90. The lowest BCUT2D eigenvalue weighted by Crippen LogP contribution is -2.21. The summed E-state index contributed by atoms with van der Waals surface area (Å²) < 4.78 is 0. The first-order valence-electron chi connectivity index (χ1n) is 5.01. The van der Waals surface area contributed by atoms with Crippen LogP contribution in [0.5, 0.6) is 0 Å². The van der Waals surface area contributed by atoms with E-state index in [-0.39, 0.29) is 11.7 Å². The van der Waals surface area contributed by atoms with E-state index in [9.17, 15) is 4.79 Å². The predicted molar refractivity (Wildman–Crippen MR) is 61.1 cm³/mol. The molecule has 0 spiro atoms. The van der Waals surface area contributed by atoms with Gasteiger partial charge in [-0.15, -0.1) is 0 Å². The van der Waals surface area contributed by atoms with Crippen LogP contribution >= 0.6 is 0 Å². The topological polar surface area (TPSA) is 29.4 Å². The first kappa shape index (κ1) is 9.84. The van der Waals surface area contributed by atoms with E-state index in [4.69, 9.17) is 0 Å². The van der Waals surface area contributed by atoms with Crippen molar-refractivity contribution < 1.29 is 4.79 Å². The lowest BCUT2D eigenvalue weighted by atomic mass is 9.88. The maximum absolute atomic E-state index is 11.9. The summed E-state index contributed by atoms with van der Waals surface area (Å²) in [6, 6.07) is 9.78. The predicted octanol–water partition coefficient (Wildman–Crippen LogP) is 2.72. The molecule has 2 nitrogen and oxygen atoms in total. The van der Waals surface area contributed by atoms with Crippen LogP contribution < -0.4 is 0 Å². The van der Waals surface area contributed by atoms with Crippen LogP contribution in [0.2, 0.25) is 0 Å². The molecule has 0 radical (unpaired) electrons. The number of carbonyl (C=O) groups is 1. The number of carbonyl (C=O) groups excluding carboxylic acids is 1. The number of ketones is 1. The summed E-state index contributed by atoms with van der Waals surface area (Å²) in [5.41, 5.74) is 2.70. The Kier molecular flexibility index (Phi) is 2.50. The number of allylic oxidation sites excluding steroid dienone is 2. The van der Waals surface area contributed by atoms with Gasteiger partial charge in [-0.1, -0.05) is 30.3 Å². The van der Waals surface area contributed by atoms with Gasteiger partial charge in [0.15, 0.2) is 5.78 Å². The normalized spacial score (nSPS) is 20.9. The van der Waals surface area contributed by atoms with Gasteiger partial charge in [-0.25, -0.2) is 0 Å². The van der Waals surface area contributed by atoms with E-state index in [1.54, 1.807) is 6.08 Å². The summed E-state index contributed by atoms with van der Waals surface area (Å²) in [6.45, 7) is 3.76. The average Bonchev–Trinajstić information content (AvgIpc) is 2.17. The molecule has 1 aromatic carbocycles. The number of hydrogen-bond acceptors (Lipinski definition) is 2. The minimum Gasteiger partial charge on any atom is -0.294 e. The molecule has 1 atom stereocenters. The standard InChI is InChI=1S/C13H13NO/c1-9-8-12(15)13(10(2)14-9)11-6-4-3-5-7-11/h3-8,13H,1-2H3. The molecule has 1 aromatic rings. The Labute approximate surface area is 89.3 Å². The smallest absolute Gasteiger partial charge is 0.170 e. The fourth-order valence-corrected chi connectivity index (χ4v) is 1.92. The minimum absolute atomic E-state index is 0.131. The van der Waals surface area contributed by atoms with Crippen LogP contribution in [0, 0.1) is 0 Å². The third-order valence-corrected chi connectivity index (χ3v) is 2.54. The van der Waals surface area contributed by atoms with E-state index in [0.29, 0.717) is 0 Å². The zero-order chi connectivity index (χ0) is 10.8. The number of rotatable bonds is 1. The fourth-order valence-electron chi connectivity index (χ4n) is 1.92. The SMILES string of the molecule is CC1=CC(=O)C(c2ccccc2)C(C)=N1. The highest BCUT2D eigenvalue weighted by atomic mass is 16.1. The lowest BCUT2D eigenvalue weighted by molar-refractivity contribution is -0.114. The quantitative estimate of drug-likeness (QED) is 0.683. The molecule has 0 saturated carbocycles. The van der Waals surface area contributed by atoms with Crippen LogP contribution in [0.15, 0.2) is 47.1 Å². The van der Waals surface area contributed by atoms with Gasteiger partial charge in [0.05, 0.1) is 5.92 Å². The van der Waals surface area contributed by atoms with Crippen molar-refractivity contribution in [3.05, 3.63) is 47.7 Å². The van der Waals surface area contributed by atoms with Gasteiger partial charge in [-0.05, 0) is 19.4 Å². The molecule has 0 amide bonds. The lowest BCUT2D eigenvalue weighted by Gasteiger charge is -2.18. The molecule has 0 aromatic heterocycles. The first-order chi connectivity index (χ1) is 7.18. The Morgan fingerprint density at radius 1 is 1.13 bits per heavy atom. The molecule has 1 aliphatic heterocycles. The van der Waals surface area contributed by atoms with Crippen LogP contribution in [0.25, 0.3) is 0 Å². The van der Waals surface area contributed by atoms with Crippen molar-refractivity contribution in [3.63, 3.8) is 0 Å². The Bertz CT molecular complexity index is 443. The molecule has 0 saturated heterocycles. The monoisotopic (exact) mass is 199 g/mol. The van der Waals surface area contributed by atoms with Gasteiger partial charge in [-0.3, -0.25) is 9.79 Å². The Hall–Kier alpha value is -1.70. The second-order valence-electron chi connectivity index (χ2n) is 3.78. The molecule has 15 heavy (non-hydrogen) atoms. The molecule has 76 valence electrons. The molecule has 2 rings (SSSR count). The van der Waals surface area contributed by atoms with E-state index in [0.717, 1.165) is 17.0 Å². The molecular weight excluding hydrogens is 186 g/mol. The third-order valence-electron chi connectivity index (χ3n) is 2.54. The van der Waals surface area contributed by atoms with Crippen molar-refractivity contribution in [2.45, 2.75) is 19.8 Å². The van der Waals surface area contributed by atoms with Crippen LogP contribution in [-0.4, -0.2) is 11.5 Å². The van der Waals surface area contributed by atoms with Crippen LogP contribution in [-0.2, 0) is 4.79 Å². The number of benzene rings is 1. The van der Waals surface area contributed by atoms with E-state index in [2.05, 4.69) is 4.99 Å². The Balaban J connectivity index is 2.41. The molecule has 1 unspecified atom stereocenters. The summed E-state index contributed by atoms with van der Waals surface area (Å²) in [5.74, 6) is -0.0545. The van der Waals surface area contributed by atoms with E-state index < -0.39 is 0 Å². The van der Waals surface area contributed by atoms with E-state index in [1.807, 2.05) is 44.2 Å². The summed E-state index contributed by atoms with van der Waals surface area (Å²) in [5, 5.41) is 0. The van der Waals surface area contributed by atoms with Gasteiger partial charge in [0.25, 0.3) is 0 Å². The second-order valence-corrected chi connectivity index (χ2v) is 3.78. The summed E-state index contributed by atoms with van der Waals surface area (Å²) >= 11 is 0. The van der Waals surface area contributed by atoms with E-state index >= 15 is 0 Å². The molecular formula is C13H13NO. The molecule has 0 aliphatic carbocycles. The highest BCUT2D eigenvalue weighted by Crippen LogP contribution is 2.24. The van der Waals surface area contributed by atoms with Gasteiger partial charge >= 0.3 is 0 Å². The van der Waals surface area contributed by atoms with Gasteiger partial charge < -0.3 is 0 Å². The van der Waals surface area contributed by atoms with Crippen molar-refractivity contribution in [1.82, 2.24) is 0 Å². The third kappa shape index (κ3) is 1.89. The van der Waals surface area contributed by atoms with Crippen molar-refractivity contribution in [2.24, 2.45) is 4.99 Å². The van der Waals surface area contributed by atoms with Crippen molar-refractivity contribution in [1.29, 1.82) is 0 Å². The number of hydrogen-bond donors (Lipinski definition) is 0. The highest BCUT2D eigenvalue weighted by molar-refractivity contribution is 6.15. The minimum atomic E-state index is -0.185. The summed E-state index contributed by atoms with van der Waals surface area (Å²) in [6.07, 6.45) is 1.62. The molecule has 1 heterocycles. The van der Waals surface area contributed by atoms with Crippen LogP contribution in [0.4, 0.5) is 0 Å². The maximum atomic E-state index is 11.9. The van der Waals surface area contributed by atoms with Gasteiger partial charge in [-0.2, -0.15) is 0 Å². The number of aliphatic imine (C=N–C) groups is 1. The van der Waals surface area contributed by atoms with E-state index in [1.165, 1.54) is 0 Å². The largest absolute Gasteiger partial charge is 0.294 e. The second kappa shape index (κ2) is 3.81. The molecule has 0 N–H and O–H groups in total. The Morgan fingerprint density at radius 2 is 1.80 bits per heavy atom. The summed E-state index contributed by atoms with van der Waals surface area (Å²) in [7, 11) is 0. The van der Waals surface area contributed by atoms with Crippen molar-refractivity contribution in [2.75, 3.05) is 0 Å².